The van der Waals surface area contributed by atoms with Crippen LogP contribution in [0, 0.1) is 0 Å². The van der Waals surface area contributed by atoms with Gasteiger partial charge >= 0.3 is 0 Å². The standard InChI is InChI=1S/C19H16BrN3O/c20-17-9-6-16(7-10-17)13-23-14-18(12-21-23)22-19(24)11-8-15-4-2-1-3-5-15/h1-12,14H,13H2,(H,22,24). The number of aromatic nitrogens is 2. The van der Waals surface area contributed by atoms with Gasteiger partial charge in [0.2, 0.25) is 5.91 Å². The number of hydrogen-bond donors (Lipinski definition) is 1. The molecule has 0 aliphatic rings. The fourth-order valence-corrected chi connectivity index (χ4v) is 2.48. The van der Waals surface area contributed by atoms with Crippen molar-refractivity contribution in [3.8, 4) is 0 Å². The minimum atomic E-state index is -0.179. The predicted molar refractivity (Wildman–Crippen MR) is 99.6 cm³/mol. The molecule has 0 unspecified atom stereocenters. The second-order valence-corrected chi connectivity index (χ2v) is 6.20. The van der Waals surface area contributed by atoms with E-state index in [1.807, 2.05) is 60.8 Å². The number of carbonyl (C=O) groups is 1. The van der Waals surface area contributed by atoms with Crippen molar-refractivity contribution < 1.29 is 4.79 Å². The van der Waals surface area contributed by atoms with Crippen LogP contribution in [0.3, 0.4) is 0 Å². The van der Waals surface area contributed by atoms with Gasteiger partial charge in [-0.25, -0.2) is 0 Å². The number of carbonyl (C=O) groups excluding carboxylic acids is 1. The van der Waals surface area contributed by atoms with E-state index in [9.17, 15) is 4.79 Å². The SMILES string of the molecule is O=C(C=Cc1ccccc1)Nc1cnn(Cc2ccc(Br)cc2)c1. The van der Waals surface area contributed by atoms with Crippen LogP contribution < -0.4 is 5.32 Å². The topological polar surface area (TPSA) is 46.9 Å². The van der Waals surface area contributed by atoms with E-state index in [-0.39, 0.29) is 5.91 Å². The van der Waals surface area contributed by atoms with Crippen LogP contribution in [0.4, 0.5) is 5.69 Å². The lowest BCUT2D eigenvalue weighted by molar-refractivity contribution is -0.111. The number of nitrogens with zero attached hydrogens (tertiary/aromatic N) is 2. The Hall–Kier alpha value is -2.66. The zero-order valence-corrected chi connectivity index (χ0v) is 14.5. The van der Waals surface area contributed by atoms with Gasteiger partial charge < -0.3 is 5.32 Å². The van der Waals surface area contributed by atoms with E-state index in [2.05, 4.69) is 26.3 Å². The first-order valence-electron chi connectivity index (χ1n) is 7.50. The Kier molecular flexibility index (Phi) is 5.23. The van der Waals surface area contributed by atoms with Gasteiger partial charge in [-0.2, -0.15) is 5.10 Å². The number of amides is 1. The van der Waals surface area contributed by atoms with Gasteiger partial charge in [-0.15, -0.1) is 0 Å². The van der Waals surface area contributed by atoms with Gasteiger partial charge in [-0.1, -0.05) is 58.4 Å². The molecular weight excluding hydrogens is 366 g/mol. The second kappa shape index (κ2) is 7.75. The molecule has 0 saturated carbocycles. The highest BCUT2D eigenvalue weighted by atomic mass is 79.9. The van der Waals surface area contributed by atoms with Crippen molar-refractivity contribution in [2.24, 2.45) is 0 Å². The number of nitrogens with one attached hydrogen (secondary N) is 1. The molecule has 0 fully saturated rings. The van der Waals surface area contributed by atoms with E-state index < -0.39 is 0 Å². The molecule has 2 aromatic carbocycles. The number of benzene rings is 2. The number of anilines is 1. The molecule has 0 saturated heterocycles. The highest BCUT2D eigenvalue weighted by molar-refractivity contribution is 9.10. The van der Waals surface area contributed by atoms with Crippen molar-refractivity contribution in [2.45, 2.75) is 6.54 Å². The maximum Gasteiger partial charge on any atom is 0.248 e. The Bertz CT molecular complexity index is 839. The maximum absolute atomic E-state index is 12.0. The summed E-state index contributed by atoms with van der Waals surface area (Å²) in [5, 5.41) is 7.08. The lowest BCUT2D eigenvalue weighted by Gasteiger charge is -2.02. The molecule has 120 valence electrons. The molecule has 1 heterocycles. The van der Waals surface area contributed by atoms with Crippen LogP contribution in [-0.4, -0.2) is 15.7 Å². The molecule has 0 spiro atoms. The quantitative estimate of drug-likeness (QED) is 0.667. The van der Waals surface area contributed by atoms with Gasteiger partial charge in [0, 0.05) is 16.7 Å². The smallest absolute Gasteiger partial charge is 0.248 e. The normalized spacial score (nSPS) is 10.9. The summed E-state index contributed by atoms with van der Waals surface area (Å²) in [5.41, 5.74) is 2.80. The van der Waals surface area contributed by atoms with Gasteiger partial charge in [-0.3, -0.25) is 9.48 Å². The van der Waals surface area contributed by atoms with Gasteiger partial charge in [0.1, 0.15) is 0 Å². The highest BCUT2D eigenvalue weighted by Crippen LogP contribution is 2.13. The van der Waals surface area contributed by atoms with E-state index in [1.54, 1.807) is 17.0 Å². The Morgan fingerprint density at radius 3 is 2.62 bits per heavy atom. The zero-order chi connectivity index (χ0) is 16.8. The largest absolute Gasteiger partial charge is 0.320 e. The average molecular weight is 382 g/mol. The van der Waals surface area contributed by atoms with Crippen LogP contribution in [-0.2, 0) is 11.3 Å². The molecule has 0 aliphatic heterocycles. The zero-order valence-electron chi connectivity index (χ0n) is 12.9. The molecule has 3 aromatic rings. The van der Waals surface area contributed by atoms with Crippen molar-refractivity contribution in [3.05, 3.63) is 88.7 Å². The minimum Gasteiger partial charge on any atom is -0.320 e. The summed E-state index contributed by atoms with van der Waals surface area (Å²) in [6.45, 7) is 0.656. The molecule has 1 aromatic heterocycles. The summed E-state index contributed by atoms with van der Waals surface area (Å²) < 4.78 is 2.84. The molecule has 3 rings (SSSR count). The Morgan fingerprint density at radius 1 is 1.12 bits per heavy atom. The highest BCUT2D eigenvalue weighted by Gasteiger charge is 2.02. The molecule has 5 heteroatoms. The first-order valence-corrected chi connectivity index (χ1v) is 8.29. The monoisotopic (exact) mass is 381 g/mol. The van der Waals surface area contributed by atoms with Crippen LogP contribution in [0.15, 0.2) is 77.5 Å². The third-order valence-corrected chi connectivity index (χ3v) is 3.91. The number of hydrogen-bond acceptors (Lipinski definition) is 2. The molecule has 0 bridgehead atoms. The van der Waals surface area contributed by atoms with E-state index in [0.29, 0.717) is 12.2 Å². The third kappa shape index (κ3) is 4.67. The van der Waals surface area contributed by atoms with Crippen molar-refractivity contribution in [1.29, 1.82) is 0 Å². The molecular formula is C19H16BrN3O. The number of halogens is 1. The predicted octanol–water partition coefficient (Wildman–Crippen LogP) is 4.35. The van der Waals surface area contributed by atoms with Crippen LogP contribution in [0.5, 0.6) is 0 Å². The van der Waals surface area contributed by atoms with Crippen LogP contribution in [0.25, 0.3) is 6.08 Å². The third-order valence-electron chi connectivity index (χ3n) is 3.39. The van der Waals surface area contributed by atoms with Crippen LogP contribution in [0.1, 0.15) is 11.1 Å². The van der Waals surface area contributed by atoms with Crippen LogP contribution >= 0.6 is 15.9 Å². The molecule has 1 N–H and O–H groups in total. The van der Waals surface area contributed by atoms with E-state index >= 15 is 0 Å². The number of rotatable bonds is 5. The maximum atomic E-state index is 12.0. The van der Waals surface area contributed by atoms with Crippen molar-refractivity contribution >= 4 is 33.6 Å². The first-order chi connectivity index (χ1) is 11.7. The summed E-state index contributed by atoms with van der Waals surface area (Å²) >= 11 is 3.42. The van der Waals surface area contributed by atoms with E-state index in [1.165, 1.54) is 6.08 Å². The Balaban J connectivity index is 1.58. The Labute approximate surface area is 149 Å². The van der Waals surface area contributed by atoms with Crippen molar-refractivity contribution in [1.82, 2.24) is 9.78 Å². The molecule has 0 atom stereocenters. The molecule has 1 amide bonds. The Morgan fingerprint density at radius 2 is 1.88 bits per heavy atom. The molecule has 24 heavy (non-hydrogen) atoms. The summed E-state index contributed by atoms with van der Waals surface area (Å²) in [6.07, 6.45) is 6.76. The summed E-state index contributed by atoms with van der Waals surface area (Å²) in [4.78, 5) is 12.0. The van der Waals surface area contributed by atoms with Gasteiger partial charge in [0.25, 0.3) is 0 Å². The van der Waals surface area contributed by atoms with Crippen molar-refractivity contribution in [2.75, 3.05) is 5.32 Å². The average Bonchev–Trinajstić information content (AvgIpc) is 3.03. The first kappa shape index (κ1) is 16.2. The van der Waals surface area contributed by atoms with Gasteiger partial charge in [0.05, 0.1) is 18.4 Å². The summed E-state index contributed by atoms with van der Waals surface area (Å²) in [7, 11) is 0. The molecule has 0 aliphatic carbocycles. The van der Waals surface area contributed by atoms with Gasteiger partial charge in [-0.05, 0) is 29.3 Å². The van der Waals surface area contributed by atoms with Gasteiger partial charge in [0.15, 0.2) is 0 Å². The summed E-state index contributed by atoms with van der Waals surface area (Å²) in [6, 6.07) is 17.8. The van der Waals surface area contributed by atoms with E-state index in [0.717, 1.165) is 15.6 Å². The van der Waals surface area contributed by atoms with E-state index in [4.69, 9.17) is 0 Å². The lowest BCUT2D eigenvalue weighted by atomic mass is 10.2. The fourth-order valence-electron chi connectivity index (χ4n) is 2.21. The minimum absolute atomic E-state index is 0.179. The second-order valence-electron chi connectivity index (χ2n) is 5.29. The summed E-state index contributed by atoms with van der Waals surface area (Å²) in [5.74, 6) is -0.179. The van der Waals surface area contributed by atoms with Crippen LogP contribution in [0.2, 0.25) is 0 Å². The molecule has 4 nitrogen and oxygen atoms in total. The van der Waals surface area contributed by atoms with Crippen molar-refractivity contribution in [3.63, 3.8) is 0 Å². The fraction of sp³-hybridized carbons (Fsp3) is 0.0526. The lowest BCUT2D eigenvalue weighted by Crippen LogP contribution is -2.07. The molecule has 0 radical (unpaired) electrons.